The molecule has 102 valence electrons. The van der Waals surface area contributed by atoms with Crippen LogP contribution in [0.15, 0.2) is 36.8 Å². The molecule has 2 N–H and O–H groups in total. The van der Waals surface area contributed by atoms with Gasteiger partial charge in [0.25, 0.3) is 0 Å². The molecule has 0 saturated carbocycles. The van der Waals surface area contributed by atoms with Gasteiger partial charge in [0, 0.05) is 29.5 Å². The first-order chi connectivity index (χ1) is 9.02. The summed E-state index contributed by atoms with van der Waals surface area (Å²) in [5, 5.41) is 0. The minimum Gasteiger partial charge on any atom is -0.492 e. The molecule has 0 aliphatic rings. The number of aromatic nitrogens is 2. The molecule has 0 amide bonds. The SMILES string of the molecule is CC(C)(C)c1cncn1-c1ccc(OCCN)cc1. The fraction of sp³-hybridized carbons (Fsp3) is 0.400. The van der Waals surface area contributed by atoms with Gasteiger partial charge >= 0.3 is 0 Å². The highest BCUT2D eigenvalue weighted by Gasteiger charge is 2.19. The Balaban J connectivity index is 2.25. The molecule has 0 unspecified atom stereocenters. The fourth-order valence-corrected chi connectivity index (χ4v) is 1.94. The van der Waals surface area contributed by atoms with Gasteiger partial charge < -0.3 is 15.0 Å². The molecule has 1 aromatic carbocycles. The number of nitrogens with two attached hydrogens (primary N) is 1. The number of imidazole rings is 1. The average Bonchev–Trinajstić information content (AvgIpc) is 2.86. The summed E-state index contributed by atoms with van der Waals surface area (Å²) in [4.78, 5) is 4.25. The fourth-order valence-electron chi connectivity index (χ4n) is 1.94. The molecule has 2 aromatic rings. The predicted octanol–water partition coefficient (Wildman–Crippen LogP) is 2.51. The third kappa shape index (κ3) is 3.15. The van der Waals surface area contributed by atoms with Gasteiger partial charge in [-0.15, -0.1) is 0 Å². The summed E-state index contributed by atoms with van der Waals surface area (Å²) in [6.07, 6.45) is 3.76. The van der Waals surface area contributed by atoms with Crippen LogP contribution < -0.4 is 10.5 Å². The van der Waals surface area contributed by atoms with Gasteiger partial charge in [0.05, 0.1) is 6.33 Å². The van der Waals surface area contributed by atoms with E-state index < -0.39 is 0 Å². The largest absolute Gasteiger partial charge is 0.492 e. The van der Waals surface area contributed by atoms with Crippen molar-refractivity contribution in [3.05, 3.63) is 42.5 Å². The van der Waals surface area contributed by atoms with E-state index in [1.54, 1.807) is 0 Å². The van der Waals surface area contributed by atoms with E-state index in [0.717, 1.165) is 11.4 Å². The first-order valence-electron chi connectivity index (χ1n) is 6.48. The van der Waals surface area contributed by atoms with Crippen molar-refractivity contribution >= 4 is 0 Å². The molecule has 4 nitrogen and oxygen atoms in total. The molecule has 0 aliphatic heterocycles. The van der Waals surface area contributed by atoms with Crippen molar-refractivity contribution in [3.8, 4) is 11.4 Å². The van der Waals surface area contributed by atoms with Gasteiger partial charge in [0.2, 0.25) is 0 Å². The van der Waals surface area contributed by atoms with Crippen LogP contribution in [0.5, 0.6) is 5.75 Å². The highest BCUT2D eigenvalue weighted by atomic mass is 16.5. The van der Waals surface area contributed by atoms with E-state index in [1.165, 1.54) is 5.69 Å². The standard InChI is InChI=1S/C15H21N3O/c1-15(2,3)14-10-17-11-18(14)12-4-6-13(7-5-12)19-9-8-16/h4-7,10-11H,8-9,16H2,1-3H3. The lowest BCUT2D eigenvalue weighted by Crippen LogP contribution is -2.16. The summed E-state index contributed by atoms with van der Waals surface area (Å²) in [7, 11) is 0. The Hall–Kier alpha value is -1.81. The molecular formula is C15H21N3O. The van der Waals surface area contributed by atoms with Gasteiger partial charge in [-0.05, 0) is 24.3 Å². The summed E-state index contributed by atoms with van der Waals surface area (Å²) in [5.41, 5.74) is 7.74. The first kappa shape index (κ1) is 13.6. The van der Waals surface area contributed by atoms with Crippen LogP contribution >= 0.6 is 0 Å². The zero-order valence-corrected chi connectivity index (χ0v) is 11.8. The lowest BCUT2D eigenvalue weighted by molar-refractivity contribution is 0.328. The zero-order valence-electron chi connectivity index (χ0n) is 11.8. The van der Waals surface area contributed by atoms with Crippen LogP contribution in [-0.4, -0.2) is 22.7 Å². The van der Waals surface area contributed by atoms with Gasteiger partial charge in [-0.25, -0.2) is 4.98 Å². The molecular weight excluding hydrogens is 238 g/mol. The number of rotatable bonds is 4. The Morgan fingerprint density at radius 2 is 1.89 bits per heavy atom. The number of hydrogen-bond acceptors (Lipinski definition) is 3. The van der Waals surface area contributed by atoms with Crippen LogP contribution in [0, 0.1) is 0 Å². The molecule has 0 atom stereocenters. The highest BCUT2D eigenvalue weighted by molar-refractivity contribution is 5.39. The summed E-state index contributed by atoms with van der Waals surface area (Å²) < 4.78 is 7.58. The molecule has 1 aromatic heterocycles. The van der Waals surface area contributed by atoms with E-state index in [2.05, 4.69) is 30.3 Å². The Bertz CT molecular complexity index is 523. The number of ether oxygens (including phenoxy) is 1. The molecule has 0 saturated heterocycles. The second kappa shape index (κ2) is 5.45. The van der Waals surface area contributed by atoms with Crippen LogP contribution in [0.25, 0.3) is 5.69 Å². The van der Waals surface area contributed by atoms with Crippen molar-refractivity contribution in [3.63, 3.8) is 0 Å². The Labute approximate surface area is 114 Å². The van der Waals surface area contributed by atoms with E-state index >= 15 is 0 Å². The van der Waals surface area contributed by atoms with Crippen molar-refractivity contribution in [2.45, 2.75) is 26.2 Å². The second-order valence-electron chi connectivity index (χ2n) is 5.53. The minimum absolute atomic E-state index is 0.0607. The number of nitrogens with zero attached hydrogens (tertiary/aromatic N) is 2. The second-order valence-corrected chi connectivity index (χ2v) is 5.53. The van der Waals surface area contributed by atoms with E-state index in [9.17, 15) is 0 Å². The summed E-state index contributed by atoms with van der Waals surface area (Å²) in [5.74, 6) is 0.839. The summed E-state index contributed by atoms with van der Waals surface area (Å²) >= 11 is 0. The maximum atomic E-state index is 5.48. The third-order valence-electron chi connectivity index (χ3n) is 2.91. The van der Waals surface area contributed by atoms with Crippen LogP contribution in [0.1, 0.15) is 26.5 Å². The van der Waals surface area contributed by atoms with E-state index in [4.69, 9.17) is 10.5 Å². The molecule has 1 heterocycles. The Morgan fingerprint density at radius 1 is 1.21 bits per heavy atom. The molecule has 0 spiro atoms. The average molecular weight is 259 g/mol. The monoisotopic (exact) mass is 259 g/mol. The molecule has 0 radical (unpaired) electrons. The molecule has 2 rings (SSSR count). The first-order valence-corrected chi connectivity index (χ1v) is 6.48. The molecule has 4 heteroatoms. The van der Waals surface area contributed by atoms with Crippen molar-refractivity contribution in [1.82, 2.24) is 9.55 Å². The van der Waals surface area contributed by atoms with Crippen molar-refractivity contribution in [2.75, 3.05) is 13.2 Å². The summed E-state index contributed by atoms with van der Waals surface area (Å²) in [6, 6.07) is 7.97. The lowest BCUT2D eigenvalue weighted by Gasteiger charge is -2.20. The third-order valence-corrected chi connectivity index (χ3v) is 2.91. The van der Waals surface area contributed by atoms with E-state index in [1.807, 2.05) is 36.8 Å². The van der Waals surface area contributed by atoms with Gasteiger partial charge in [-0.3, -0.25) is 0 Å². The van der Waals surface area contributed by atoms with Gasteiger partial charge in [0.15, 0.2) is 0 Å². The Morgan fingerprint density at radius 3 is 2.47 bits per heavy atom. The maximum Gasteiger partial charge on any atom is 0.119 e. The zero-order chi connectivity index (χ0) is 13.9. The van der Waals surface area contributed by atoms with E-state index in [0.29, 0.717) is 13.2 Å². The van der Waals surface area contributed by atoms with Gasteiger partial charge in [0.1, 0.15) is 12.4 Å². The molecule has 0 bridgehead atoms. The van der Waals surface area contributed by atoms with Crippen LogP contribution in [-0.2, 0) is 5.41 Å². The minimum atomic E-state index is 0.0607. The van der Waals surface area contributed by atoms with Gasteiger partial charge in [-0.1, -0.05) is 20.8 Å². The topological polar surface area (TPSA) is 53.1 Å². The quantitative estimate of drug-likeness (QED) is 0.918. The molecule has 0 fully saturated rings. The number of hydrogen-bond donors (Lipinski definition) is 1. The highest BCUT2D eigenvalue weighted by Crippen LogP contribution is 2.25. The van der Waals surface area contributed by atoms with Crippen LogP contribution in [0.4, 0.5) is 0 Å². The lowest BCUT2D eigenvalue weighted by atomic mass is 9.92. The van der Waals surface area contributed by atoms with Crippen LogP contribution in [0.3, 0.4) is 0 Å². The van der Waals surface area contributed by atoms with E-state index in [-0.39, 0.29) is 5.41 Å². The van der Waals surface area contributed by atoms with Gasteiger partial charge in [-0.2, -0.15) is 0 Å². The maximum absolute atomic E-state index is 5.48. The smallest absolute Gasteiger partial charge is 0.119 e. The Kier molecular flexibility index (Phi) is 3.90. The van der Waals surface area contributed by atoms with Crippen molar-refractivity contribution < 1.29 is 4.74 Å². The predicted molar refractivity (Wildman–Crippen MR) is 76.8 cm³/mol. The molecule has 19 heavy (non-hydrogen) atoms. The van der Waals surface area contributed by atoms with Crippen LogP contribution in [0.2, 0.25) is 0 Å². The van der Waals surface area contributed by atoms with Crippen molar-refractivity contribution in [2.24, 2.45) is 5.73 Å². The molecule has 0 aliphatic carbocycles. The normalized spacial score (nSPS) is 11.6. The number of benzene rings is 1. The van der Waals surface area contributed by atoms with Crippen molar-refractivity contribution in [1.29, 1.82) is 0 Å². The summed E-state index contributed by atoms with van der Waals surface area (Å²) in [6.45, 7) is 7.60.